The molecule has 17 heavy (non-hydrogen) atoms. The van der Waals surface area contributed by atoms with Crippen molar-refractivity contribution in [3.05, 3.63) is 10.7 Å². The summed E-state index contributed by atoms with van der Waals surface area (Å²) >= 11 is 4.95. The van der Waals surface area contributed by atoms with Gasteiger partial charge in [0.05, 0.1) is 6.04 Å². The highest BCUT2D eigenvalue weighted by molar-refractivity contribution is 7.71. The maximum atomic E-state index is 5.09. The molecule has 2 heterocycles. The third-order valence-corrected chi connectivity index (χ3v) is 4.78. The van der Waals surface area contributed by atoms with Gasteiger partial charge in [0.15, 0.2) is 5.82 Å². The average Bonchev–Trinajstić information content (AvgIpc) is 2.78. The summed E-state index contributed by atoms with van der Waals surface area (Å²) in [5.41, 5.74) is 0.437. The normalized spacial score (nSPS) is 38.2. The van der Waals surface area contributed by atoms with E-state index in [2.05, 4.69) is 29.0 Å². The summed E-state index contributed by atoms with van der Waals surface area (Å²) in [6, 6.07) is 0.348. The van der Waals surface area contributed by atoms with Crippen molar-refractivity contribution in [2.24, 2.45) is 11.3 Å². The second kappa shape index (κ2) is 3.92. The van der Waals surface area contributed by atoms with Crippen LogP contribution in [0.2, 0.25) is 0 Å². The zero-order valence-electron chi connectivity index (χ0n) is 10.4. The second-order valence-corrected chi connectivity index (χ2v) is 6.18. The lowest BCUT2D eigenvalue weighted by molar-refractivity contribution is 0.150. The van der Waals surface area contributed by atoms with Gasteiger partial charge in [-0.25, -0.2) is 5.16 Å². The van der Waals surface area contributed by atoms with Crippen LogP contribution in [0, 0.1) is 16.2 Å². The van der Waals surface area contributed by atoms with Gasteiger partial charge in [-0.05, 0) is 43.4 Å². The van der Waals surface area contributed by atoms with E-state index >= 15 is 0 Å². The Morgan fingerprint density at radius 3 is 3.06 bits per heavy atom. The molecule has 3 atom stereocenters. The van der Waals surface area contributed by atoms with Crippen molar-refractivity contribution in [1.82, 2.24) is 15.0 Å². The standard InChI is InChI=1S/C12H19N3OS/c1-12-6-4-3-5-8(12)9(15(2)7-12)10-13-11(17)16-14-10/h8-9H,3-7H2,1-2H3,(H,13,14,17)/t8-,9?,12+/m1/s1. The molecule has 1 aromatic rings. The van der Waals surface area contributed by atoms with Gasteiger partial charge in [0.25, 0.3) is 0 Å². The van der Waals surface area contributed by atoms with Crippen LogP contribution < -0.4 is 0 Å². The molecule has 2 aliphatic rings. The van der Waals surface area contributed by atoms with Gasteiger partial charge in [-0.2, -0.15) is 4.98 Å². The first kappa shape index (κ1) is 11.4. The molecule has 1 saturated heterocycles. The molecule has 2 fully saturated rings. The monoisotopic (exact) mass is 253 g/mol. The Balaban J connectivity index is 1.96. The van der Waals surface area contributed by atoms with Crippen molar-refractivity contribution in [3.8, 4) is 0 Å². The molecule has 0 amide bonds. The highest BCUT2D eigenvalue weighted by atomic mass is 32.1. The van der Waals surface area contributed by atoms with Gasteiger partial charge in [0.2, 0.25) is 0 Å². The van der Waals surface area contributed by atoms with Crippen molar-refractivity contribution >= 4 is 12.2 Å². The number of rotatable bonds is 1. The van der Waals surface area contributed by atoms with Crippen LogP contribution in [0.3, 0.4) is 0 Å². The molecule has 0 bridgehead atoms. The highest BCUT2D eigenvalue weighted by Gasteiger charge is 2.50. The van der Waals surface area contributed by atoms with Gasteiger partial charge < -0.3 is 4.52 Å². The van der Waals surface area contributed by atoms with Crippen molar-refractivity contribution in [1.29, 1.82) is 0 Å². The Morgan fingerprint density at radius 1 is 1.53 bits per heavy atom. The molecule has 4 nitrogen and oxygen atoms in total. The minimum absolute atomic E-state index is 0.317. The number of nitrogens with zero attached hydrogens (tertiary/aromatic N) is 2. The van der Waals surface area contributed by atoms with Crippen LogP contribution in [0.15, 0.2) is 4.52 Å². The van der Waals surface area contributed by atoms with Crippen LogP contribution in [-0.4, -0.2) is 28.6 Å². The number of likely N-dealkylation sites (tertiary alicyclic amines) is 1. The molecule has 1 aliphatic carbocycles. The zero-order chi connectivity index (χ0) is 12.0. The fraction of sp³-hybridized carbons (Fsp3) is 0.833. The van der Waals surface area contributed by atoms with Crippen molar-refractivity contribution in [2.45, 2.75) is 38.6 Å². The van der Waals surface area contributed by atoms with E-state index in [9.17, 15) is 0 Å². The average molecular weight is 253 g/mol. The number of aromatic nitrogens is 2. The van der Waals surface area contributed by atoms with Gasteiger partial charge in [0.1, 0.15) is 0 Å². The fourth-order valence-electron chi connectivity index (χ4n) is 3.90. The van der Waals surface area contributed by atoms with Gasteiger partial charge in [-0.15, -0.1) is 0 Å². The predicted molar refractivity (Wildman–Crippen MR) is 67.1 cm³/mol. The van der Waals surface area contributed by atoms with E-state index in [1.54, 1.807) is 0 Å². The lowest BCUT2D eigenvalue weighted by Gasteiger charge is -2.36. The van der Waals surface area contributed by atoms with E-state index in [4.69, 9.17) is 16.7 Å². The summed E-state index contributed by atoms with van der Waals surface area (Å²) in [4.78, 5) is 7.04. The maximum Gasteiger partial charge on any atom is 0.314 e. The first-order chi connectivity index (χ1) is 8.10. The van der Waals surface area contributed by atoms with Crippen LogP contribution in [0.25, 0.3) is 0 Å². The summed E-state index contributed by atoms with van der Waals surface area (Å²) < 4.78 is 5.09. The van der Waals surface area contributed by atoms with Crippen LogP contribution in [0.4, 0.5) is 0 Å². The lowest BCUT2D eigenvalue weighted by Crippen LogP contribution is -2.30. The molecule has 1 saturated carbocycles. The van der Waals surface area contributed by atoms with Crippen molar-refractivity contribution in [2.75, 3.05) is 13.6 Å². The first-order valence-electron chi connectivity index (χ1n) is 6.36. The lowest BCUT2D eigenvalue weighted by atomic mass is 9.67. The number of hydrogen-bond donors (Lipinski definition) is 1. The topological polar surface area (TPSA) is 45.1 Å². The molecule has 1 unspecified atom stereocenters. The van der Waals surface area contributed by atoms with Gasteiger partial charge >= 0.3 is 4.84 Å². The molecule has 94 valence electrons. The van der Waals surface area contributed by atoms with Crippen molar-refractivity contribution in [3.63, 3.8) is 0 Å². The minimum atomic E-state index is 0.317. The molecular formula is C12H19N3OS. The number of aromatic amines is 1. The number of fused-ring (bicyclic) bond motifs is 1. The third-order valence-electron chi connectivity index (χ3n) is 4.61. The molecule has 1 aliphatic heterocycles. The molecular weight excluding hydrogens is 234 g/mol. The van der Waals surface area contributed by atoms with Crippen LogP contribution in [0.1, 0.15) is 44.5 Å². The van der Waals surface area contributed by atoms with Gasteiger partial charge in [-0.3, -0.25) is 4.90 Å². The van der Waals surface area contributed by atoms with E-state index in [0.717, 1.165) is 12.4 Å². The highest BCUT2D eigenvalue weighted by Crippen LogP contribution is 2.53. The fourth-order valence-corrected chi connectivity index (χ4v) is 4.04. The largest absolute Gasteiger partial charge is 0.348 e. The van der Waals surface area contributed by atoms with Crippen LogP contribution in [0.5, 0.6) is 0 Å². The van der Waals surface area contributed by atoms with E-state index in [0.29, 0.717) is 22.2 Å². The van der Waals surface area contributed by atoms with E-state index in [1.807, 2.05) is 0 Å². The van der Waals surface area contributed by atoms with E-state index in [1.165, 1.54) is 25.7 Å². The summed E-state index contributed by atoms with van der Waals surface area (Å²) in [6.45, 7) is 3.57. The smallest absolute Gasteiger partial charge is 0.314 e. The Hall–Kier alpha value is -0.680. The molecule has 0 radical (unpaired) electrons. The van der Waals surface area contributed by atoms with Gasteiger partial charge in [-0.1, -0.05) is 19.8 Å². The minimum Gasteiger partial charge on any atom is -0.348 e. The molecule has 1 aromatic heterocycles. The molecule has 3 rings (SSSR count). The molecule has 1 N–H and O–H groups in total. The number of H-pyrrole nitrogens is 1. The van der Waals surface area contributed by atoms with Gasteiger partial charge in [0, 0.05) is 6.54 Å². The third kappa shape index (κ3) is 1.76. The maximum absolute atomic E-state index is 5.09. The number of nitrogens with one attached hydrogen (secondary N) is 1. The Kier molecular flexibility index (Phi) is 2.63. The second-order valence-electron chi connectivity index (χ2n) is 5.83. The summed E-state index contributed by atoms with van der Waals surface area (Å²) in [7, 11) is 2.18. The quantitative estimate of drug-likeness (QED) is 0.782. The van der Waals surface area contributed by atoms with Crippen LogP contribution in [-0.2, 0) is 0 Å². The SMILES string of the molecule is CN1C[C@]2(C)CCCC[C@@H]2C1c1nc(=S)o[nH]1. The summed E-state index contributed by atoms with van der Waals surface area (Å²) in [5.74, 6) is 1.59. The number of hydrogen-bond acceptors (Lipinski definition) is 4. The van der Waals surface area contributed by atoms with Crippen molar-refractivity contribution < 1.29 is 4.52 Å². The Bertz CT molecular complexity index is 468. The van der Waals surface area contributed by atoms with Crippen LogP contribution >= 0.6 is 12.2 Å². The first-order valence-corrected chi connectivity index (χ1v) is 6.77. The summed E-state index contributed by atoms with van der Waals surface area (Å²) in [5, 5.41) is 2.90. The van der Waals surface area contributed by atoms with E-state index in [-0.39, 0.29) is 0 Å². The zero-order valence-corrected chi connectivity index (χ0v) is 11.2. The molecule has 5 heteroatoms. The summed E-state index contributed by atoms with van der Waals surface area (Å²) in [6.07, 6.45) is 5.32. The molecule has 0 aromatic carbocycles. The molecule has 0 spiro atoms. The Morgan fingerprint density at radius 2 is 2.35 bits per heavy atom. The van der Waals surface area contributed by atoms with E-state index < -0.39 is 0 Å². The predicted octanol–water partition coefficient (Wildman–Crippen LogP) is 2.92. The Labute approximate surface area is 106 Å².